The molecule has 0 spiro atoms. The summed E-state index contributed by atoms with van der Waals surface area (Å²) in [7, 11) is 0. The van der Waals surface area contributed by atoms with Gasteiger partial charge in [0.25, 0.3) is 0 Å². The molecule has 2 aliphatic heterocycles. The van der Waals surface area contributed by atoms with Gasteiger partial charge in [0, 0.05) is 11.3 Å². The molecule has 2 heterocycles. The molecule has 0 bridgehead atoms. The molecule has 8 aromatic carbocycles. The van der Waals surface area contributed by atoms with Gasteiger partial charge in [0.15, 0.2) is 0 Å². The summed E-state index contributed by atoms with van der Waals surface area (Å²) < 4.78 is 0. The molecule has 0 aromatic heterocycles. The number of hydrogen-bond donors (Lipinski definition) is 0. The van der Waals surface area contributed by atoms with Crippen molar-refractivity contribution in [1.82, 2.24) is 0 Å². The average molecular weight is 660 g/mol. The number of hydrogen-bond acceptors (Lipinski definition) is 1. The molecule has 10 rings (SSSR count). The number of allylic oxidation sites excluding steroid dienone is 2. The lowest BCUT2D eigenvalue weighted by molar-refractivity contribution is 1.36. The van der Waals surface area contributed by atoms with Crippen molar-refractivity contribution in [3.05, 3.63) is 212 Å². The van der Waals surface area contributed by atoms with Gasteiger partial charge in [0.05, 0.1) is 0 Å². The predicted octanol–water partition coefficient (Wildman–Crippen LogP) is 12.3. The first kappa shape index (κ1) is 30.2. The van der Waals surface area contributed by atoms with E-state index in [9.17, 15) is 0 Å². The molecule has 0 saturated carbocycles. The monoisotopic (exact) mass is 659 g/mol. The van der Waals surface area contributed by atoms with Gasteiger partial charge in [-0.1, -0.05) is 170 Å². The average Bonchev–Trinajstić information content (AvgIpc) is 3.23. The van der Waals surface area contributed by atoms with Crippen molar-refractivity contribution in [1.29, 1.82) is 0 Å². The fourth-order valence-corrected chi connectivity index (χ4v) is 8.17. The molecule has 242 valence electrons. The van der Waals surface area contributed by atoms with Gasteiger partial charge in [-0.2, -0.15) is 0 Å². The molecule has 0 amide bonds. The number of anilines is 1. The lowest BCUT2D eigenvalue weighted by Gasteiger charge is -2.37. The quantitative estimate of drug-likeness (QED) is 0.166. The van der Waals surface area contributed by atoms with Crippen molar-refractivity contribution in [2.45, 2.75) is 0 Å². The van der Waals surface area contributed by atoms with Crippen LogP contribution in [0.5, 0.6) is 0 Å². The standard InChI is InChI=1S/C50H34BN/c1-3-14-35(15-4-1)40-30-41(36-16-5-2-6-17-36)32-42(31-40)38-26-27-44(48(33-38)45-23-13-19-37-18-7-8-20-43(37)45)39-28-29-51-49-24-11-9-21-46(49)47-22-10-12-25-50(47)52(51)34-39/h1-34H. The summed E-state index contributed by atoms with van der Waals surface area (Å²) in [5.41, 5.74) is 17.3. The summed E-state index contributed by atoms with van der Waals surface area (Å²) >= 11 is 0. The van der Waals surface area contributed by atoms with E-state index in [0.717, 1.165) is 0 Å². The SMILES string of the molecule is C1=CC(c2ccc(-c3cc(-c4ccccc4)cc(-c4ccccc4)c3)cc2-c2cccc3ccccc23)=CN2B1c1ccccc1-c1ccccc12. The maximum Gasteiger partial charge on any atom is 0.320 e. The van der Waals surface area contributed by atoms with Gasteiger partial charge in [-0.25, -0.2) is 0 Å². The van der Waals surface area contributed by atoms with Crippen LogP contribution in [0.2, 0.25) is 0 Å². The molecule has 0 N–H and O–H groups in total. The smallest absolute Gasteiger partial charge is 0.320 e. The zero-order chi connectivity index (χ0) is 34.4. The van der Waals surface area contributed by atoms with Crippen LogP contribution in [0.15, 0.2) is 206 Å². The molecule has 0 saturated heterocycles. The number of para-hydroxylation sites is 1. The Balaban J connectivity index is 1.17. The van der Waals surface area contributed by atoms with Crippen LogP contribution >= 0.6 is 0 Å². The minimum atomic E-state index is 0.146. The van der Waals surface area contributed by atoms with Crippen LogP contribution in [-0.4, -0.2) is 6.85 Å². The maximum absolute atomic E-state index is 2.46. The first-order valence-corrected chi connectivity index (χ1v) is 18.0. The lowest BCUT2D eigenvalue weighted by atomic mass is 9.49. The van der Waals surface area contributed by atoms with Crippen LogP contribution in [0.25, 0.3) is 72.0 Å². The van der Waals surface area contributed by atoms with Crippen LogP contribution in [0, 0.1) is 0 Å². The Hall–Kier alpha value is -6.64. The highest BCUT2D eigenvalue weighted by Crippen LogP contribution is 2.42. The van der Waals surface area contributed by atoms with E-state index in [1.165, 1.54) is 88.7 Å². The Morgan fingerprint density at radius 1 is 0.365 bits per heavy atom. The van der Waals surface area contributed by atoms with Gasteiger partial charge in [0.2, 0.25) is 0 Å². The summed E-state index contributed by atoms with van der Waals surface area (Å²) in [6.07, 6.45) is 4.70. The van der Waals surface area contributed by atoms with E-state index in [4.69, 9.17) is 0 Å². The third-order valence-electron chi connectivity index (χ3n) is 10.7. The van der Waals surface area contributed by atoms with Crippen LogP contribution in [0.3, 0.4) is 0 Å². The summed E-state index contributed by atoms with van der Waals surface area (Å²) in [5, 5.41) is 2.49. The molecule has 0 fully saturated rings. The largest absolute Gasteiger partial charge is 0.382 e. The molecule has 2 heteroatoms. The van der Waals surface area contributed by atoms with Crippen molar-refractivity contribution in [3.63, 3.8) is 0 Å². The van der Waals surface area contributed by atoms with Gasteiger partial charge in [-0.15, -0.1) is 0 Å². The zero-order valence-corrected chi connectivity index (χ0v) is 28.7. The number of nitrogens with zero attached hydrogens (tertiary/aromatic N) is 1. The van der Waals surface area contributed by atoms with Gasteiger partial charge >= 0.3 is 6.85 Å². The maximum atomic E-state index is 2.46. The Kier molecular flexibility index (Phi) is 7.32. The van der Waals surface area contributed by atoms with E-state index in [1.54, 1.807) is 0 Å². The summed E-state index contributed by atoms with van der Waals surface area (Å²) in [4.78, 5) is 2.46. The van der Waals surface area contributed by atoms with Gasteiger partial charge in [-0.05, 0) is 114 Å². The first-order valence-electron chi connectivity index (χ1n) is 18.0. The number of benzene rings is 8. The summed E-state index contributed by atoms with van der Waals surface area (Å²) in [6.45, 7) is 0.146. The third-order valence-corrected chi connectivity index (χ3v) is 10.7. The molecule has 1 nitrogen and oxygen atoms in total. The fourth-order valence-electron chi connectivity index (χ4n) is 8.17. The Labute approximate surface area is 305 Å². The number of rotatable bonds is 5. The molecule has 0 radical (unpaired) electrons. The molecule has 52 heavy (non-hydrogen) atoms. The van der Waals surface area contributed by atoms with Crippen molar-refractivity contribution >= 4 is 34.3 Å². The Morgan fingerprint density at radius 3 is 1.73 bits per heavy atom. The van der Waals surface area contributed by atoms with Crippen molar-refractivity contribution in [2.24, 2.45) is 0 Å². The summed E-state index contributed by atoms with van der Waals surface area (Å²) in [5.74, 6) is 2.38. The van der Waals surface area contributed by atoms with E-state index in [-0.39, 0.29) is 6.85 Å². The fraction of sp³-hybridized carbons (Fsp3) is 0. The van der Waals surface area contributed by atoms with Crippen LogP contribution in [-0.2, 0) is 0 Å². The Bertz CT molecular complexity index is 2630. The van der Waals surface area contributed by atoms with Gasteiger partial charge in [0.1, 0.15) is 0 Å². The molecule has 0 atom stereocenters. The number of fused-ring (bicyclic) bond motifs is 7. The van der Waals surface area contributed by atoms with Crippen LogP contribution in [0.4, 0.5) is 5.69 Å². The van der Waals surface area contributed by atoms with Crippen molar-refractivity contribution in [2.75, 3.05) is 4.81 Å². The van der Waals surface area contributed by atoms with Gasteiger partial charge in [-0.3, -0.25) is 0 Å². The minimum absolute atomic E-state index is 0.146. The molecule has 0 aliphatic carbocycles. The highest BCUT2D eigenvalue weighted by molar-refractivity contribution is 6.84. The third kappa shape index (κ3) is 5.20. The molecular formula is C50H34BN. The first-order chi connectivity index (χ1) is 25.8. The Morgan fingerprint density at radius 2 is 0.962 bits per heavy atom. The minimum Gasteiger partial charge on any atom is -0.382 e. The van der Waals surface area contributed by atoms with E-state index in [1.807, 2.05) is 0 Å². The van der Waals surface area contributed by atoms with Crippen LogP contribution in [0.1, 0.15) is 5.56 Å². The second-order valence-corrected chi connectivity index (χ2v) is 13.7. The highest BCUT2D eigenvalue weighted by atomic mass is 15.1. The molecule has 2 aliphatic rings. The lowest BCUT2D eigenvalue weighted by Crippen LogP contribution is -2.49. The molecule has 8 aromatic rings. The van der Waals surface area contributed by atoms with E-state index in [2.05, 4.69) is 211 Å². The van der Waals surface area contributed by atoms with Crippen molar-refractivity contribution < 1.29 is 0 Å². The normalized spacial score (nSPS) is 13.0. The second-order valence-electron chi connectivity index (χ2n) is 13.7. The highest BCUT2D eigenvalue weighted by Gasteiger charge is 2.34. The van der Waals surface area contributed by atoms with E-state index < -0.39 is 0 Å². The van der Waals surface area contributed by atoms with Gasteiger partial charge < -0.3 is 4.81 Å². The zero-order valence-electron chi connectivity index (χ0n) is 28.7. The topological polar surface area (TPSA) is 3.24 Å². The predicted molar refractivity (Wildman–Crippen MR) is 223 cm³/mol. The van der Waals surface area contributed by atoms with E-state index >= 15 is 0 Å². The second kappa shape index (κ2) is 12.6. The van der Waals surface area contributed by atoms with E-state index in [0.29, 0.717) is 0 Å². The summed E-state index contributed by atoms with van der Waals surface area (Å²) in [6, 6.07) is 68.6. The van der Waals surface area contributed by atoms with Crippen LogP contribution < -0.4 is 10.3 Å². The molecule has 0 unspecified atom stereocenters. The molecular weight excluding hydrogens is 625 g/mol. The van der Waals surface area contributed by atoms with Crippen molar-refractivity contribution in [3.8, 4) is 55.6 Å².